The molecule has 1 N–H and O–H groups in total. The van der Waals surface area contributed by atoms with Gasteiger partial charge in [0.15, 0.2) is 0 Å². The first kappa shape index (κ1) is 22.3. The van der Waals surface area contributed by atoms with E-state index in [1.54, 1.807) is 0 Å². The van der Waals surface area contributed by atoms with E-state index in [2.05, 4.69) is 78.7 Å². The number of piperidine rings is 1. The Bertz CT molecular complexity index is 975. The first-order valence-corrected chi connectivity index (χ1v) is 11.8. The SMILES string of the molecule is CC(C)c1ccc(NC(=O)[C@H](c2ccccc2)N2CCC(Cc3ccccc3)CC2)cc1. The summed E-state index contributed by atoms with van der Waals surface area (Å²) in [6.07, 6.45) is 3.36. The van der Waals surface area contributed by atoms with Crippen LogP contribution in [0.4, 0.5) is 5.69 Å². The highest BCUT2D eigenvalue weighted by Gasteiger charge is 2.31. The quantitative estimate of drug-likeness (QED) is 0.471. The molecule has 1 atom stereocenters. The van der Waals surface area contributed by atoms with Crippen LogP contribution in [0.15, 0.2) is 84.9 Å². The molecule has 1 aliphatic rings. The van der Waals surface area contributed by atoms with Gasteiger partial charge in [-0.2, -0.15) is 0 Å². The van der Waals surface area contributed by atoms with Crippen LogP contribution >= 0.6 is 0 Å². The summed E-state index contributed by atoms with van der Waals surface area (Å²) in [4.78, 5) is 15.8. The predicted octanol–water partition coefficient (Wildman–Crippen LogP) is 6.44. The highest BCUT2D eigenvalue weighted by molar-refractivity contribution is 5.95. The van der Waals surface area contributed by atoms with Crippen LogP contribution in [-0.4, -0.2) is 23.9 Å². The van der Waals surface area contributed by atoms with Crippen molar-refractivity contribution in [3.8, 4) is 0 Å². The van der Waals surface area contributed by atoms with Crippen molar-refractivity contribution in [1.82, 2.24) is 4.90 Å². The van der Waals surface area contributed by atoms with Crippen molar-refractivity contribution in [3.05, 3.63) is 102 Å². The van der Waals surface area contributed by atoms with Gasteiger partial charge in [0, 0.05) is 5.69 Å². The molecule has 3 aromatic rings. The first-order chi connectivity index (χ1) is 15.6. The molecule has 1 aliphatic heterocycles. The fourth-order valence-corrected chi connectivity index (χ4v) is 4.69. The summed E-state index contributed by atoms with van der Waals surface area (Å²) < 4.78 is 0. The Labute approximate surface area is 192 Å². The molecule has 0 unspecified atom stereocenters. The smallest absolute Gasteiger partial charge is 0.246 e. The van der Waals surface area contributed by atoms with Gasteiger partial charge in [0.05, 0.1) is 0 Å². The molecule has 166 valence electrons. The van der Waals surface area contributed by atoms with Crippen molar-refractivity contribution in [2.24, 2.45) is 5.92 Å². The summed E-state index contributed by atoms with van der Waals surface area (Å²) in [7, 11) is 0. The normalized spacial score (nSPS) is 16.1. The summed E-state index contributed by atoms with van der Waals surface area (Å²) >= 11 is 0. The van der Waals surface area contributed by atoms with Crippen LogP contribution in [0.25, 0.3) is 0 Å². The number of nitrogens with one attached hydrogen (secondary N) is 1. The number of likely N-dealkylation sites (tertiary alicyclic amines) is 1. The third kappa shape index (κ3) is 5.66. The van der Waals surface area contributed by atoms with Crippen LogP contribution in [0.2, 0.25) is 0 Å². The minimum atomic E-state index is -0.265. The van der Waals surface area contributed by atoms with E-state index in [0.717, 1.165) is 43.6 Å². The fraction of sp³-hybridized carbons (Fsp3) is 0.345. The average Bonchev–Trinajstić information content (AvgIpc) is 2.82. The standard InChI is InChI=1S/C29H34N2O/c1-22(2)25-13-15-27(16-14-25)30-29(32)28(26-11-7-4-8-12-26)31-19-17-24(18-20-31)21-23-9-5-3-6-10-23/h3-16,22,24,28H,17-21H2,1-2H3,(H,30,32)/t28-/m0/s1. The molecular weight excluding hydrogens is 392 g/mol. The van der Waals surface area contributed by atoms with Crippen molar-refractivity contribution >= 4 is 11.6 Å². The molecule has 0 saturated carbocycles. The Hall–Kier alpha value is -2.91. The molecule has 3 aromatic carbocycles. The molecule has 32 heavy (non-hydrogen) atoms. The molecule has 1 heterocycles. The maximum atomic E-state index is 13.5. The van der Waals surface area contributed by atoms with Crippen LogP contribution in [0.5, 0.6) is 0 Å². The second kappa shape index (κ2) is 10.6. The van der Waals surface area contributed by atoms with Gasteiger partial charge in [-0.3, -0.25) is 9.69 Å². The molecule has 1 fully saturated rings. The Morgan fingerprint density at radius 1 is 0.844 bits per heavy atom. The summed E-state index contributed by atoms with van der Waals surface area (Å²) in [5.41, 5.74) is 4.61. The van der Waals surface area contributed by atoms with E-state index in [-0.39, 0.29) is 11.9 Å². The van der Waals surface area contributed by atoms with Gasteiger partial charge in [-0.25, -0.2) is 0 Å². The lowest BCUT2D eigenvalue weighted by atomic mass is 9.89. The number of rotatable bonds is 7. The Kier molecular flexibility index (Phi) is 7.39. The van der Waals surface area contributed by atoms with Gasteiger partial charge >= 0.3 is 0 Å². The van der Waals surface area contributed by atoms with Crippen LogP contribution in [0.3, 0.4) is 0 Å². The van der Waals surface area contributed by atoms with E-state index in [4.69, 9.17) is 0 Å². The highest BCUT2D eigenvalue weighted by Crippen LogP contribution is 2.30. The maximum Gasteiger partial charge on any atom is 0.246 e. The number of benzene rings is 3. The molecule has 0 spiro atoms. The number of anilines is 1. The zero-order chi connectivity index (χ0) is 22.3. The lowest BCUT2D eigenvalue weighted by Crippen LogP contribution is -2.42. The van der Waals surface area contributed by atoms with Crippen LogP contribution in [0.1, 0.15) is 55.3 Å². The van der Waals surface area contributed by atoms with E-state index >= 15 is 0 Å². The average molecular weight is 427 g/mol. The summed E-state index contributed by atoms with van der Waals surface area (Å²) in [5.74, 6) is 1.21. The van der Waals surface area contributed by atoms with E-state index in [1.165, 1.54) is 11.1 Å². The second-order valence-electron chi connectivity index (χ2n) is 9.25. The number of carbonyl (C=O) groups is 1. The van der Waals surface area contributed by atoms with Crippen molar-refractivity contribution in [2.75, 3.05) is 18.4 Å². The van der Waals surface area contributed by atoms with Gasteiger partial charge in [0.1, 0.15) is 6.04 Å². The van der Waals surface area contributed by atoms with Crippen LogP contribution < -0.4 is 5.32 Å². The van der Waals surface area contributed by atoms with Gasteiger partial charge < -0.3 is 5.32 Å². The van der Waals surface area contributed by atoms with E-state index < -0.39 is 0 Å². The summed E-state index contributed by atoms with van der Waals surface area (Å²) in [6.45, 7) is 6.24. The topological polar surface area (TPSA) is 32.3 Å². The summed E-state index contributed by atoms with van der Waals surface area (Å²) in [5, 5.41) is 3.17. The molecule has 0 aliphatic carbocycles. The minimum absolute atomic E-state index is 0.0509. The highest BCUT2D eigenvalue weighted by atomic mass is 16.2. The number of amides is 1. The monoisotopic (exact) mass is 426 g/mol. The van der Waals surface area contributed by atoms with Gasteiger partial charge in [0.25, 0.3) is 0 Å². The van der Waals surface area contributed by atoms with Gasteiger partial charge in [-0.05, 0) is 73.0 Å². The lowest BCUT2D eigenvalue weighted by molar-refractivity contribution is -0.122. The van der Waals surface area contributed by atoms with Crippen LogP contribution in [0, 0.1) is 5.92 Å². The first-order valence-electron chi connectivity index (χ1n) is 11.8. The van der Waals surface area contributed by atoms with Crippen molar-refractivity contribution < 1.29 is 4.79 Å². The Morgan fingerprint density at radius 2 is 1.44 bits per heavy atom. The van der Waals surface area contributed by atoms with Gasteiger partial charge in [0.2, 0.25) is 5.91 Å². The molecule has 0 radical (unpaired) electrons. The predicted molar refractivity (Wildman–Crippen MR) is 133 cm³/mol. The Morgan fingerprint density at radius 3 is 2.03 bits per heavy atom. The van der Waals surface area contributed by atoms with E-state index in [0.29, 0.717) is 11.8 Å². The van der Waals surface area contributed by atoms with E-state index in [9.17, 15) is 4.79 Å². The number of carbonyl (C=O) groups excluding carboxylic acids is 1. The molecule has 0 aromatic heterocycles. The molecule has 1 saturated heterocycles. The Balaban J connectivity index is 1.45. The van der Waals surface area contributed by atoms with Gasteiger partial charge in [-0.15, -0.1) is 0 Å². The second-order valence-corrected chi connectivity index (χ2v) is 9.25. The molecule has 1 amide bonds. The maximum absolute atomic E-state index is 13.5. The van der Waals surface area contributed by atoms with E-state index in [1.807, 2.05) is 30.3 Å². The zero-order valence-corrected chi connectivity index (χ0v) is 19.2. The fourth-order valence-electron chi connectivity index (χ4n) is 4.69. The number of nitrogens with zero attached hydrogens (tertiary/aromatic N) is 1. The largest absolute Gasteiger partial charge is 0.324 e. The minimum Gasteiger partial charge on any atom is -0.324 e. The third-order valence-corrected chi connectivity index (χ3v) is 6.59. The summed E-state index contributed by atoms with van der Waals surface area (Å²) in [6, 6.07) is 28.9. The molecular formula is C29H34N2O. The third-order valence-electron chi connectivity index (χ3n) is 6.59. The number of hydrogen-bond donors (Lipinski definition) is 1. The molecule has 3 heteroatoms. The lowest BCUT2D eigenvalue weighted by Gasteiger charge is -2.37. The van der Waals surface area contributed by atoms with Crippen molar-refractivity contribution in [1.29, 1.82) is 0 Å². The molecule has 0 bridgehead atoms. The molecule has 3 nitrogen and oxygen atoms in total. The molecule has 4 rings (SSSR count). The van der Waals surface area contributed by atoms with Crippen LogP contribution in [-0.2, 0) is 11.2 Å². The van der Waals surface area contributed by atoms with Gasteiger partial charge in [-0.1, -0.05) is 86.6 Å². The van der Waals surface area contributed by atoms with Crippen molar-refractivity contribution in [2.45, 2.75) is 45.1 Å². The van der Waals surface area contributed by atoms with Crippen molar-refractivity contribution in [3.63, 3.8) is 0 Å². The number of hydrogen-bond acceptors (Lipinski definition) is 2. The zero-order valence-electron chi connectivity index (χ0n) is 19.2.